The average Bonchev–Trinajstić information content (AvgIpc) is 2.75. The molecular formula is C25H21NO3S. The van der Waals surface area contributed by atoms with Gasteiger partial charge in [0.25, 0.3) is 0 Å². The molecule has 1 atom stereocenters. The van der Waals surface area contributed by atoms with Gasteiger partial charge in [-0.2, -0.15) is 5.26 Å². The molecule has 3 rings (SSSR count). The number of benzene rings is 3. The summed E-state index contributed by atoms with van der Waals surface area (Å²) in [5, 5.41) is 9.31. The van der Waals surface area contributed by atoms with Crippen molar-refractivity contribution in [1.82, 2.24) is 0 Å². The van der Waals surface area contributed by atoms with E-state index in [9.17, 15) is 14.9 Å². The minimum atomic E-state index is -0.913. The van der Waals surface area contributed by atoms with Crippen molar-refractivity contribution in [2.24, 2.45) is 0 Å². The minimum absolute atomic E-state index is 0.244. The van der Waals surface area contributed by atoms with Crippen LogP contribution in [0, 0.1) is 25.2 Å². The molecule has 30 heavy (non-hydrogen) atoms. The summed E-state index contributed by atoms with van der Waals surface area (Å²) < 4.78 is 5.49. The van der Waals surface area contributed by atoms with Crippen LogP contribution in [0.1, 0.15) is 44.3 Å². The first-order valence-corrected chi connectivity index (χ1v) is 10.3. The zero-order valence-electron chi connectivity index (χ0n) is 17.0. The van der Waals surface area contributed by atoms with Crippen LogP contribution < -0.4 is 0 Å². The van der Waals surface area contributed by atoms with Crippen molar-refractivity contribution in [3.05, 3.63) is 94.5 Å². The van der Waals surface area contributed by atoms with Crippen LogP contribution in [0.5, 0.6) is 0 Å². The molecule has 0 radical (unpaired) electrons. The number of carbonyl (C=O) groups excluding carboxylic acids is 2. The number of nitrogens with zero attached hydrogens (tertiary/aromatic N) is 1. The number of Topliss-reactive ketones (excluding diaryl/α,β-unsaturated/α-hetero) is 1. The zero-order chi connectivity index (χ0) is 21.7. The molecule has 3 aromatic rings. The molecule has 0 bridgehead atoms. The fourth-order valence-corrected chi connectivity index (χ4v) is 3.91. The lowest BCUT2D eigenvalue weighted by Gasteiger charge is -2.15. The summed E-state index contributed by atoms with van der Waals surface area (Å²) >= 11 is 1.32. The van der Waals surface area contributed by atoms with Gasteiger partial charge in [0.2, 0.25) is 5.78 Å². The monoisotopic (exact) mass is 415 g/mol. The summed E-state index contributed by atoms with van der Waals surface area (Å²) in [7, 11) is 0. The molecule has 0 N–H and O–H groups in total. The standard InChI is InChI=1S/C25H21NO3S/c1-16-12-13-19(14-17(16)2)24(27)18(3)29-25(28)21-9-5-7-11-23(21)30-22-10-6-4-8-20(22)15-26/h4-14,18H,1-3H3/t18-/m1/s1. The lowest BCUT2D eigenvalue weighted by Crippen LogP contribution is -2.24. The van der Waals surface area contributed by atoms with Gasteiger partial charge in [-0.1, -0.05) is 48.2 Å². The highest BCUT2D eigenvalue weighted by atomic mass is 32.2. The number of rotatable bonds is 6. The lowest BCUT2D eigenvalue weighted by molar-refractivity contribution is 0.0315. The van der Waals surface area contributed by atoms with Crippen LogP contribution in [0.15, 0.2) is 76.5 Å². The van der Waals surface area contributed by atoms with E-state index in [1.807, 2.05) is 44.2 Å². The van der Waals surface area contributed by atoms with E-state index >= 15 is 0 Å². The van der Waals surface area contributed by atoms with Crippen LogP contribution in [0.4, 0.5) is 0 Å². The van der Waals surface area contributed by atoms with Crippen molar-refractivity contribution >= 4 is 23.5 Å². The van der Waals surface area contributed by atoms with Gasteiger partial charge in [-0.3, -0.25) is 4.79 Å². The second-order valence-electron chi connectivity index (χ2n) is 6.92. The van der Waals surface area contributed by atoms with E-state index in [0.29, 0.717) is 21.6 Å². The van der Waals surface area contributed by atoms with Crippen LogP contribution in [0.3, 0.4) is 0 Å². The third-order valence-corrected chi connectivity index (χ3v) is 5.93. The summed E-state index contributed by atoms with van der Waals surface area (Å²) in [6.45, 7) is 5.50. The third-order valence-electron chi connectivity index (χ3n) is 4.78. The first-order valence-electron chi connectivity index (χ1n) is 9.49. The van der Waals surface area contributed by atoms with Crippen molar-refractivity contribution in [3.8, 4) is 6.07 Å². The van der Waals surface area contributed by atoms with E-state index in [1.165, 1.54) is 11.8 Å². The van der Waals surface area contributed by atoms with Crippen molar-refractivity contribution in [1.29, 1.82) is 5.26 Å². The molecule has 0 fully saturated rings. The molecule has 0 amide bonds. The van der Waals surface area contributed by atoms with Gasteiger partial charge in [-0.15, -0.1) is 0 Å². The highest BCUT2D eigenvalue weighted by Gasteiger charge is 2.22. The van der Waals surface area contributed by atoms with Gasteiger partial charge in [0, 0.05) is 15.4 Å². The second kappa shape index (κ2) is 9.43. The smallest absolute Gasteiger partial charge is 0.340 e. The average molecular weight is 416 g/mol. The first-order chi connectivity index (χ1) is 14.4. The number of carbonyl (C=O) groups is 2. The quantitative estimate of drug-likeness (QED) is 0.378. The molecule has 0 saturated carbocycles. The Kier molecular flexibility index (Phi) is 6.71. The Morgan fingerprint density at radius 1 is 0.933 bits per heavy atom. The number of ketones is 1. The van der Waals surface area contributed by atoms with Crippen LogP contribution >= 0.6 is 11.8 Å². The fraction of sp³-hybridized carbons (Fsp3) is 0.160. The number of aryl methyl sites for hydroxylation is 2. The van der Waals surface area contributed by atoms with Gasteiger partial charge >= 0.3 is 5.97 Å². The minimum Gasteiger partial charge on any atom is -0.451 e. The number of ether oxygens (including phenoxy) is 1. The topological polar surface area (TPSA) is 67.2 Å². The molecule has 0 heterocycles. The predicted molar refractivity (Wildman–Crippen MR) is 117 cm³/mol. The molecule has 4 nitrogen and oxygen atoms in total. The summed E-state index contributed by atoms with van der Waals surface area (Å²) in [4.78, 5) is 27.0. The number of esters is 1. The Hall–Kier alpha value is -3.36. The summed E-state index contributed by atoms with van der Waals surface area (Å²) in [6, 6.07) is 21.8. The van der Waals surface area contributed by atoms with E-state index in [-0.39, 0.29) is 5.78 Å². The lowest BCUT2D eigenvalue weighted by atomic mass is 10.0. The van der Waals surface area contributed by atoms with E-state index in [2.05, 4.69) is 6.07 Å². The Balaban J connectivity index is 1.79. The highest BCUT2D eigenvalue weighted by Crippen LogP contribution is 2.33. The van der Waals surface area contributed by atoms with Crippen LogP contribution in [0.2, 0.25) is 0 Å². The normalized spacial score (nSPS) is 11.4. The van der Waals surface area contributed by atoms with Crippen LogP contribution in [0.25, 0.3) is 0 Å². The van der Waals surface area contributed by atoms with Crippen molar-refractivity contribution < 1.29 is 14.3 Å². The maximum atomic E-state index is 12.8. The highest BCUT2D eigenvalue weighted by molar-refractivity contribution is 7.99. The van der Waals surface area contributed by atoms with Crippen molar-refractivity contribution in [2.75, 3.05) is 0 Å². The molecule has 0 aliphatic rings. The van der Waals surface area contributed by atoms with Gasteiger partial charge in [0.1, 0.15) is 6.07 Å². The van der Waals surface area contributed by atoms with Gasteiger partial charge in [-0.25, -0.2) is 4.79 Å². The number of nitriles is 1. The number of hydrogen-bond acceptors (Lipinski definition) is 5. The molecule has 0 aromatic heterocycles. The molecular weight excluding hydrogens is 394 g/mol. The predicted octanol–water partition coefficient (Wildman–Crippen LogP) is 5.75. The Morgan fingerprint density at radius 2 is 1.60 bits per heavy atom. The zero-order valence-corrected chi connectivity index (χ0v) is 17.8. The largest absolute Gasteiger partial charge is 0.451 e. The van der Waals surface area contributed by atoms with E-state index in [0.717, 1.165) is 16.0 Å². The summed E-state index contributed by atoms with van der Waals surface area (Å²) in [6.07, 6.45) is -0.913. The van der Waals surface area contributed by atoms with Gasteiger partial charge in [-0.05, 0) is 62.2 Å². The molecule has 5 heteroatoms. The van der Waals surface area contributed by atoms with E-state index in [4.69, 9.17) is 4.74 Å². The van der Waals surface area contributed by atoms with Crippen molar-refractivity contribution in [3.63, 3.8) is 0 Å². The van der Waals surface area contributed by atoms with E-state index < -0.39 is 12.1 Å². The summed E-state index contributed by atoms with van der Waals surface area (Å²) in [5.41, 5.74) is 3.51. The molecule has 0 unspecified atom stereocenters. The van der Waals surface area contributed by atoms with Gasteiger partial charge in [0.05, 0.1) is 11.1 Å². The fourth-order valence-electron chi connectivity index (χ4n) is 2.90. The Morgan fingerprint density at radius 3 is 2.30 bits per heavy atom. The first kappa shape index (κ1) is 21.4. The van der Waals surface area contributed by atoms with Crippen molar-refractivity contribution in [2.45, 2.75) is 36.7 Å². The Labute approximate surface area is 180 Å². The molecule has 0 saturated heterocycles. The molecule has 0 spiro atoms. The van der Waals surface area contributed by atoms with Crippen LogP contribution in [-0.2, 0) is 4.74 Å². The molecule has 0 aliphatic carbocycles. The maximum Gasteiger partial charge on any atom is 0.340 e. The SMILES string of the molecule is Cc1ccc(C(=O)[C@@H](C)OC(=O)c2ccccc2Sc2ccccc2C#N)cc1C. The molecule has 150 valence electrons. The van der Waals surface area contributed by atoms with Gasteiger partial charge < -0.3 is 4.74 Å². The molecule has 3 aromatic carbocycles. The maximum absolute atomic E-state index is 12.8. The van der Waals surface area contributed by atoms with E-state index in [1.54, 1.807) is 43.3 Å². The van der Waals surface area contributed by atoms with Crippen LogP contribution in [-0.4, -0.2) is 17.9 Å². The second-order valence-corrected chi connectivity index (χ2v) is 8.00. The Bertz CT molecular complexity index is 1150. The molecule has 0 aliphatic heterocycles. The number of hydrogen-bond donors (Lipinski definition) is 0. The third kappa shape index (κ3) is 4.79. The summed E-state index contributed by atoms with van der Waals surface area (Å²) in [5.74, 6) is -0.816. The van der Waals surface area contributed by atoms with Gasteiger partial charge in [0.15, 0.2) is 6.10 Å².